The van der Waals surface area contributed by atoms with Crippen LogP contribution in [-0.4, -0.2) is 32.7 Å². The SMILES string of the molecule is CC=CC1CC1C(=O)NS(=O)(=O)N(C)C. The highest BCUT2D eigenvalue weighted by atomic mass is 32.2. The quantitative estimate of drug-likeness (QED) is 0.700. The molecule has 2 unspecified atom stereocenters. The fourth-order valence-electron chi connectivity index (χ4n) is 1.27. The van der Waals surface area contributed by atoms with Crippen molar-refractivity contribution < 1.29 is 13.2 Å². The third-order valence-electron chi connectivity index (χ3n) is 2.33. The van der Waals surface area contributed by atoms with Crippen molar-refractivity contribution in [3.63, 3.8) is 0 Å². The van der Waals surface area contributed by atoms with Gasteiger partial charge in [0.2, 0.25) is 5.91 Å². The van der Waals surface area contributed by atoms with Gasteiger partial charge in [-0.15, -0.1) is 0 Å². The van der Waals surface area contributed by atoms with Gasteiger partial charge in [0.25, 0.3) is 0 Å². The molecule has 0 aromatic rings. The van der Waals surface area contributed by atoms with Crippen LogP contribution in [0.4, 0.5) is 0 Å². The van der Waals surface area contributed by atoms with Gasteiger partial charge in [-0.1, -0.05) is 12.2 Å². The molecule has 5 nitrogen and oxygen atoms in total. The molecular weight excluding hydrogens is 216 g/mol. The van der Waals surface area contributed by atoms with Gasteiger partial charge in [0, 0.05) is 20.0 Å². The maximum atomic E-state index is 11.5. The van der Waals surface area contributed by atoms with Gasteiger partial charge in [-0.05, 0) is 19.3 Å². The van der Waals surface area contributed by atoms with E-state index in [1.807, 2.05) is 23.8 Å². The first-order valence-corrected chi connectivity index (χ1v) is 6.19. The van der Waals surface area contributed by atoms with Gasteiger partial charge in [-0.25, -0.2) is 4.72 Å². The molecule has 6 heteroatoms. The van der Waals surface area contributed by atoms with E-state index in [0.29, 0.717) is 0 Å². The summed E-state index contributed by atoms with van der Waals surface area (Å²) in [5, 5.41) is 0. The van der Waals surface area contributed by atoms with E-state index in [1.165, 1.54) is 14.1 Å². The highest BCUT2D eigenvalue weighted by Gasteiger charge is 2.42. The van der Waals surface area contributed by atoms with Crippen molar-refractivity contribution in [1.29, 1.82) is 0 Å². The summed E-state index contributed by atoms with van der Waals surface area (Å²) in [6.07, 6.45) is 4.53. The Morgan fingerprint density at radius 2 is 2.07 bits per heavy atom. The van der Waals surface area contributed by atoms with Crippen LogP contribution in [0.15, 0.2) is 12.2 Å². The van der Waals surface area contributed by atoms with Crippen molar-refractivity contribution >= 4 is 16.1 Å². The summed E-state index contributed by atoms with van der Waals surface area (Å²) in [6, 6.07) is 0. The fraction of sp³-hybridized carbons (Fsp3) is 0.667. The van der Waals surface area contributed by atoms with E-state index in [0.717, 1.165) is 10.7 Å². The van der Waals surface area contributed by atoms with Crippen molar-refractivity contribution in [2.45, 2.75) is 13.3 Å². The smallest absolute Gasteiger partial charge is 0.274 e. The predicted octanol–water partition coefficient (Wildman–Crippen LogP) is 0.121. The van der Waals surface area contributed by atoms with Crippen molar-refractivity contribution in [2.24, 2.45) is 11.8 Å². The van der Waals surface area contributed by atoms with Crippen LogP contribution < -0.4 is 4.72 Å². The summed E-state index contributed by atoms with van der Waals surface area (Å²) in [5.74, 6) is -0.393. The molecule has 0 radical (unpaired) electrons. The normalized spacial score (nSPS) is 25.9. The average molecular weight is 232 g/mol. The number of nitrogens with one attached hydrogen (secondary N) is 1. The lowest BCUT2D eigenvalue weighted by Gasteiger charge is -2.11. The summed E-state index contributed by atoms with van der Waals surface area (Å²) >= 11 is 0. The molecule has 0 aliphatic heterocycles. The summed E-state index contributed by atoms with van der Waals surface area (Å²) in [6.45, 7) is 1.88. The molecule has 0 heterocycles. The van der Waals surface area contributed by atoms with Crippen LogP contribution in [0.1, 0.15) is 13.3 Å². The van der Waals surface area contributed by atoms with E-state index in [9.17, 15) is 13.2 Å². The number of rotatable bonds is 4. The van der Waals surface area contributed by atoms with Crippen LogP contribution in [0.25, 0.3) is 0 Å². The van der Waals surface area contributed by atoms with Gasteiger partial charge in [-0.3, -0.25) is 4.79 Å². The first-order chi connectivity index (χ1) is 6.88. The van der Waals surface area contributed by atoms with Crippen molar-refractivity contribution in [3.8, 4) is 0 Å². The number of amides is 1. The van der Waals surface area contributed by atoms with Crippen LogP contribution in [0.2, 0.25) is 0 Å². The largest absolute Gasteiger partial charge is 0.303 e. The molecule has 1 aliphatic carbocycles. The minimum Gasteiger partial charge on any atom is -0.274 e. The van der Waals surface area contributed by atoms with Crippen LogP contribution in [0, 0.1) is 11.8 Å². The highest BCUT2D eigenvalue weighted by molar-refractivity contribution is 7.87. The minimum absolute atomic E-state index is 0.184. The Hall–Kier alpha value is -0.880. The van der Waals surface area contributed by atoms with Gasteiger partial charge < -0.3 is 0 Å². The van der Waals surface area contributed by atoms with Gasteiger partial charge in [0.15, 0.2) is 0 Å². The molecule has 2 atom stereocenters. The lowest BCUT2D eigenvalue weighted by molar-refractivity contribution is -0.120. The molecule has 1 N–H and O–H groups in total. The fourth-order valence-corrected chi connectivity index (χ4v) is 1.86. The van der Waals surface area contributed by atoms with Gasteiger partial charge >= 0.3 is 10.2 Å². The topological polar surface area (TPSA) is 66.5 Å². The molecule has 0 bridgehead atoms. The number of hydrogen-bond donors (Lipinski definition) is 1. The first-order valence-electron chi connectivity index (χ1n) is 4.75. The molecule has 1 amide bonds. The van der Waals surface area contributed by atoms with Crippen LogP contribution >= 0.6 is 0 Å². The van der Waals surface area contributed by atoms with Crippen LogP contribution in [-0.2, 0) is 15.0 Å². The third kappa shape index (κ3) is 3.04. The molecule has 1 rings (SSSR count). The molecule has 15 heavy (non-hydrogen) atoms. The standard InChI is InChI=1S/C9H16N2O3S/c1-4-5-7-6-8(7)9(12)10-15(13,14)11(2)3/h4-5,7-8H,6H2,1-3H3,(H,10,12). The molecule has 0 saturated heterocycles. The number of carbonyl (C=O) groups is 1. The maximum absolute atomic E-state index is 11.5. The molecule has 1 fully saturated rings. The maximum Gasteiger partial charge on any atom is 0.303 e. The van der Waals surface area contributed by atoms with Gasteiger partial charge in [0.05, 0.1) is 0 Å². The van der Waals surface area contributed by atoms with E-state index in [1.54, 1.807) is 0 Å². The highest BCUT2D eigenvalue weighted by Crippen LogP contribution is 2.39. The van der Waals surface area contributed by atoms with Crippen molar-refractivity contribution in [1.82, 2.24) is 9.03 Å². The van der Waals surface area contributed by atoms with E-state index in [-0.39, 0.29) is 11.8 Å². The molecule has 0 aromatic carbocycles. The zero-order valence-electron chi connectivity index (χ0n) is 9.10. The molecule has 1 saturated carbocycles. The van der Waals surface area contributed by atoms with Gasteiger partial charge in [0.1, 0.15) is 0 Å². The zero-order chi connectivity index (χ0) is 11.6. The summed E-state index contributed by atoms with van der Waals surface area (Å²) in [5.41, 5.74) is 0. The Bertz CT molecular complexity index is 373. The Morgan fingerprint density at radius 3 is 2.53 bits per heavy atom. The summed E-state index contributed by atoms with van der Waals surface area (Å²) in [7, 11) is -0.869. The molecule has 86 valence electrons. The Kier molecular flexibility index (Phi) is 3.51. The Morgan fingerprint density at radius 1 is 1.47 bits per heavy atom. The van der Waals surface area contributed by atoms with E-state index in [2.05, 4.69) is 0 Å². The third-order valence-corrected chi connectivity index (χ3v) is 3.75. The molecule has 0 aromatic heterocycles. The monoisotopic (exact) mass is 232 g/mol. The van der Waals surface area contributed by atoms with Crippen molar-refractivity contribution in [3.05, 3.63) is 12.2 Å². The van der Waals surface area contributed by atoms with E-state index >= 15 is 0 Å². The Balaban J connectivity index is 2.52. The first kappa shape index (κ1) is 12.2. The summed E-state index contributed by atoms with van der Waals surface area (Å²) in [4.78, 5) is 11.5. The second-order valence-corrected chi connectivity index (χ2v) is 5.67. The van der Waals surface area contributed by atoms with Crippen LogP contribution in [0.3, 0.4) is 0 Å². The van der Waals surface area contributed by atoms with Crippen molar-refractivity contribution in [2.75, 3.05) is 14.1 Å². The average Bonchev–Trinajstić information content (AvgIpc) is 2.83. The van der Waals surface area contributed by atoms with E-state index < -0.39 is 16.1 Å². The summed E-state index contributed by atoms with van der Waals surface area (Å²) < 4.78 is 25.6. The Labute approximate surface area is 90.3 Å². The number of allylic oxidation sites excluding steroid dienone is 2. The second-order valence-electron chi connectivity index (χ2n) is 3.79. The van der Waals surface area contributed by atoms with Gasteiger partial charge in [-0.2, -0.15) is 12.7 Å². The molecule has 0 spiro atoms. The number of carbonyl (C=O) groups excluding carboxylic acids is 1. The predicted molar refractivity (Wildman–Crippen MR) is 57.2 cm³/mol. The lowest BCUT2D eigenvalue weighted by Crippen LogP contribution is -2.40. The lowest BCUT2D eigenvalue weighted by atomic mass is 10.3. The number of hydrogen-bond acceptors (Lipinski definition) is 3. The minimum atomic E-state index is -3.63. The van der Waals surface area contributed by atoms with E-state index in [4.69, 9.17) is 0 Å². The molecular formula is C9H16N2O3S. The number of nitrogens with zero attached hydrogens (tertiary/aromatic N) is 1. The molecule has 1 aliphatic rings. The second kappa shape index (κ2) is 4.32. The van der Waals surface area contributed by atoms with Crippen LogP contribution in [0.5, 0.6) is 0 Å². The zero-order valence-corrected chi connectivity index (χ0v) is 9.91.